The van der Waals surface area contributed by atoms with Crippen molar-refractivity contribution in [2.45, 2.75) is 44.0 Å². The number of aliphatic hydroxyl groups is 1. The third-order valence-electron chi connectivity index (χ3n) is 7.75. The first-order valence-electron chi connectivity index (χ1n) is 13.0. The number of rotatable bonds is 7. The van der Waals surface area contributed by atoms with Crippen LogP contribution in [0.15, 0.2) is 57.6 Å². The molecule has 0 amide bonds. The zero-order valence-electron chi connectivity index (χ0n) is 21.5. The molecule has 0 spiro atoms. The molecule has 3 N–H and O–H groups in total. The first kappa shape index (κ1) is 27.0. The molecule has 2 aromatic heterocycles. The molecule has 0 unspecified atom stereocenters. The van der Waals surface area contributed by atoms with Crippen molar-refractivity contribution in [3.05, 3.63) is 59.7 Å². The average molecular weight is 571 g/mol. The molecule has 214 valence electrons. The lowest BCUT2D eigenvalue weighted by Crippen LogP contribution is -2.48. The standard InChI is InChI=1S/C28H25F3N4O6/c29-28(30,31)20-21(15-6-2-1-3-7-15)34-40-23(20)25-33-24(35-41-25)16-8-9-17-19(12-16)39-13-18(22(17)36)32-14-27(26(37)38)10-4-5-11-27/h1-3,6-9,12,18,22,32,36H,4-5,10-11,13-14H2,(H,37,38)/t18-,22-/m0/s1. The van der Waals surface area contributed by atoms with E-state index in [0.717, 1.165) is 12.8 Å². The number of nitrogens with one attached hydrogen (secondary N) is 1. The van der Waals surface area contributed by atoms with Crippen LogP contribution in [0.3, 0.4) is 0 Å². The molecule has 2 atom stereocenters. The molecule has 0 saturated heterocycles. The van der Waals surface area contributed by atoms with Crippen LogP contribution >= 0.6 is 0 Å². The van der Waals surface area contributed by atoms with Crippen molar-refractivity contribution in [2.75, 3.05) is 13.2 Å². The van der Waals surface area contributed by atoms with Gasteiger partial charge in [-0.25, -0.2) is 0 Å². The maximum atomic E-state index is 14.0. The number of alkyl halides is 3. The van der Waals surface area contributed by atoms with E-state index in [1.54, 1.807) is 36.4 Å². The molecule has 41 heavy (non-hydrogen) atoms. The molecule has 2 aliphatic rings. The number of carbonyl (C=O) groups is 1. The van der Waals surface area contributed by atoms with Crippen molar-refractivity contribution in [1.82, 2.24) is 20.6 Å². The van der Waals surface area contributed by atoms with Crippen molar-refractivity contribution in [3.63, 3.8) is 0 Å². The van der Waals surface area contributed by atoms with Gasteiger partial charge in [0.2, 0.25) is 11.6 Å². The number of carboxylic acids is 1. The predicted octanol–water partition coefficient (Wildman–Crippen LogP) is 5.11. The van der Waals surface area contributed by atoms with Gasteiger partial charge < -0.3 is 29.3 Å². The molecule has 1 aliphatic heterocycles. The molecule has 6 rings (SSSR count). The Morgan fingerprint density at radius 2 is 1.80 bits per heavy atom. The molecule has 0 radical (unpaired) electrons. The van der Waals surface area contributed by atoms with E-state index in [4.69, 9.17) is 13.8 Å². The highest BCUT2D eigenvalue weighted by Crippen LogP contribution is 2.44. The van der Waals surface area contributed by atoms with Crippen LogP contribution in [0.5, 0.6) is 5.75 Å². The number of nitrogens with zero attached hydrogens (tertiary/aromatic N) is 3. The molecule has 3 heterocycles. The van der Waals surface area contributed by atoms with Gasteiger partial charge >= 0.3 is 12.1 Å². The van der Waals surface area contributed by atoms with Crippen LogP contribution in [0, 0.1) is 5.41 Å². The van der Waals surface area contributed by atoms with Crippen LogP contribution in [0.2, 0.25) is 0 Å². The van der Waals surface area contributed by atoms with Gasteiger partial charge in [0.05, 0.1) is 11.5 Å². The number of hydrogen-bond acceptors (Lipinski definition) is 9. The number of hydrogen-bond donors (Lipinski definition) is 3. The van der Waals surface area contributed by atoms with E-state index < -0.39 is 52.6 Å². The van der Waals surface area contributed by atoms with Crippen LogP contribution in [0.4, 0.5) is 13.2 Å². The SMILES string of the molecule is O=C(O)C1(CN[C@H]2COc3cc(-c4noc(-c5onc(-c6ccccc6)c5C(F)(F)F)n4)ccc3[C@@H]2O)CCCC1. The molecule has 13 heteroatoms. The Morgan fingerprint density at radius 3 is 2.51 bits per heavy atom. The lowest BCUT2D eigenvalue weighted by Gasteiger charge is -2.34. The molecule has 1 fully saturated rings. The maximum absolute atomic E-state index is 14.0. The highest BCUT2D eigenvalue weighted by atomic mass is 19.4. The molecule has 1 saturated carbocycles. The Morgan fingerprint density at radius 1 is 1.05 bits per heavy atom. The molecule has 0 bridgehead atoms. The minimum absolute atomic E-state index is 0.0171. The van der Waals surface area contributed by atoms with Crippen molar-refractivity contribution in [1.29, 1.82) is 0 Å². The summed E-state index contributed by atoms with van der Waals surface area (Å²) in [7, 11) is 0. The summed E-state index contributed by atoms with van der Waals surface area (Å²) in [6.45, 7) is 0.306. The zero-order chi connectivity index (χ0) is 28.8. The van der Waals surface area contributed by atoms with E-state index in [1.165, 1.54) is 12.1 Å². The first-order valence-corrected chi connectivity index (χ1v) is 13.0. The second kappa shape index (κ2) is 10.3. The summed E-state index contributed by atoms with van der Waals surface area (Å²) in [5, 5.41) is 31.3. The zero-order valence-corrected chi connectivity index (χ0v) is 21.5. The number of aromatic nitrogens is 3. The van der Waals surface area contributed by atoms with Gasteiger partial charge in [-0.1, -0.05) is 65.6 Å². The molecule has 2 aromatic carbocycles. The van der Waals surface area contributed by atoms with Crippen molar-refractivity contribution >= 4 is 5.97 Å². The van der Waals surface area contributed by atoms with Crippen LogP contribution in [0.1, 0.15) is 42.9 Å². The lowest BCUT2D eigenvalue weighted by atomic mass is 9.85. The lowest BCUT2D eigenvalue weighted by molar-refractivity contribution is -0.148. The van der Waals surface area contributed by atoms with E-state index in [9.17, 15) is 28.2 Å². The van der Waals surface area contributed by atoms with Crippen molar-refractivity contribution < 1.29 is 42.0 Å². The summed E-state index contributed by atoms with van der Waals surface area (Å²) >= 11 is 0. The molecular formula is C28H25F3N4O6. The van der Waals surface area contributed by atoms with Crippen LogP contribution in [0.25, 0.3) is 34.3 Å². The summed E-state index contributed by atoms with van der Waals surface area (Å²) in [4.78, 5) is 16.0. The van der Waals surface area contributed by atoms with E-state index in [-0.39, 0.29) is 24.5 Å². The Kier molecular flexibility index (Phi) is 6.78. The fourth-order valence-corrected chi connectivity index (χ4v) is 5.47. The van der Waals surface area contributed by atoms with Crippen LogP contribution < -0.4 is 10.1 Å². The highest BCUT2D eigenvalue weighted by Gasteiger charge is 2.44. The van der Waals surface area contributed by atoms with Gasteiger partial charge in [-0.05, 0) is 18.9 Å². The number of aliphatic hydroxyl groups excluding tert-OH is 1. The summed E-state index contributed by atoms with van der Waals surface area (Å²) in [6.07, 6.45) is -2.92. The number of benzene rings is 2. The number of ether oxygens (including phenoxy) is 1. The summed E-state index contributed by atoms with van der Waals surface area (Å²) < 4.78 is 58.1. The Bertz CT molecular complexity index is 1560. The quantitative estimate of drug-likeness (QED) is 0.274. The van der Waals surface area contributed by atoms with Gasteiger partial charge in [0.1, 0.15) is 29.7 Å². The minimum Gasteiger partial charge on any atom is -0.491 e. The Balaban J connectivity index is 1.23. The van der Waals surface area contributed by atoms with Gasteiger partial charge in [0.25, 0.3) is 5.89 Å². The Labute approximate surface area is 231 Å². The summed E-state index contributed by atoms with van der Waals surface area (Å²) in [6, 6.07) is 12.0. The first-order chi connectivity index (χ1) is 19.7. The number of fused-ring (bicyclic) bond motifs is 1. The van der Waals surface area contributed by atoms with Gasteiger partial charge in [0.15, 0.2) is 0 Å². The normalized spacial score (nSPS) is 20.0. The summed E-state index contributed by atoms with van der Waals surface area (Å²) in [5.41, 5.74) is -1.30. The monoisotopic (exact) mass is 570 g/mol. The number of carboxylic acid groups (broad SMARTS) is 1. The van der Waals surface area contributed by atoms with Gasteiger partial charge in [0, 0.05) is 23.2 Å². The highest BCUT2D eigenvalue weighted by molar-refractivity contribution is 5.75. The molecular weight excluding hydrogens is 545 g/mol. The van der Waals surface area contributed by atoms with Crippen LogP contribution in [-0.4, -0.2) is 50.7 Å². The predicted molar refractivity (Wildman–Crippen MR) is 136 cm³/mol. The summed E-state index contributed by atoms with van der Waals surface area (Å²) in [5.74, 6) is -1.71. The number of aliphatic carboxylic acids is 1. The largest absolute Gasteiger partial charge is 0.491 e. The third kappa shape index (κ3) is 4.95. The second-order valence-electron chi connectivity index (χ2n) is 10.3. The van der Waals surface area contributed by atoms with Crippen molar-refractivity contribution in [2.24, 2.45) is 5.41 Å². The number of halogens is 3. The topological polar surface area (TPSA) is 144 Å². The fraction of sp³-hybridized carbons (Fsp3) is 0.357. The minimum atomic E-state index is -4.81. The molecule has 4 aromatic rings. The van der Waals surface area contributed by atoms with Gasteiger partial charge in [-0.3, -0.25) is 4.79 Å². The van der Waals surface area contributed by atoms with Crippen molar-refractivity contribution in [3.8, 4) is 40.0 Å². The van der Waals surface area contributed by atoms with Gasteiger partial charge in [-0.2, -0.15) is 18.2 Å². The third-order valence-corrected chi connectivity index (χ3v) is 7.75. The van der Waals surface area contributed by atoms with Gasteiger partial charge in [-0.15, -0.1) is 0 Å². The Hall–Kier alpha value is -4.23. The van der Waals surface area contributed by atoms with E-state index in [0.29, 0.717) is 29.7 Å². The fourth-order valence-electron chi connectivity index (χ4n) is 5.47. The second-order valence-corrected chi connectivity index (χ2v) is 10.3. The average Bonchev–Trinajstić information content (AvgIpc) is 3.73. The van der Waals surface area contributed by atoms with Crippen LogP contribution in [-0.2, 0) is 11.0 Å². The molecule has 1 aliphatic carbocycles. The van der Waals surface area contributed by atoms with E-state index >= 15 is 0 Å². The smallest absolute Gasteiger partial charge is 0.422 e. The van der Waals surface area contributed by atoms with E-state index in [1.807, 2.05) is 0 Å². The van der Waals surface area contributed by atoms with E-state index in [2.05, 4.69) is 20.6 Å². The molecule has 10 nitrogen and oxygen atoms in total. The maximum Gasteiger partial charge on any atom is 0.422 e.